The number of alkyl halides is 1. The lowest BCUT2D eigenvalue weighted by molar-refractivity contribution is 0.414. The van der Waals surface area contributed by atoms with Crippen LogP contribution in [0.4, 0.5) is 0 Å². The number of hydrogen-bond acceptors (Lipinski definition) is 2. The van der Waals surface area contributed by atoms with Crippen LogP contribution in [-0.2, 0) is 5.33 Å². The van der Waals surface area contributed by atoms with E-state index in [1.165, 1.54) is 0 Å². The molecule has 0 saturated heterocycles. The smallest absolute Gasteiger partial charge is 0.140 e. The molecule has 1 aromatic heterocycles. The number of methoxy groups -OCH3 is 1. The molecule has 4 heteroatoms. The summed E-state index contributed by atoms with van der Waals surface area (Å²) in [7, 11) is 1.58. The summed E-state index contributed by atoms with van der Waals surface area (Å²) in [6, 6.07) is 1.73. The first kappa shape index (κ1) is 8.81. The van der Waals surface area contributed by atoms with Crippen molar-refractivity contribution in [1.29, 1.82) is 0 Å². The van der Waals surface area contributed by atoms with Crippen molar-refractivity contribution in [3.63, 3.8) is 0 Å². The lowest BCUT2D eigenvalue weighted by Crippen LogP contribution is -1.90. The molecule has 1 heterocycles. The molecular formula is C7H7BrClNO. The quantitative estimate of drug-likeness (QED) is 0.737. The summed E-state index contributed by atoms with van der Waals surface area (Å²) in [6.45, 7) is 0. The molecule has 0 fully saturated rings. The van der Waals surface area contributed by atoms with Crippen LogP contribution in [0.3, 0.4) is 0 Å². The van der Waals surface area contributed by atoms with Crippen LogP contribution in [0.5, 0.6) is 5.75 Å². The second-order valence-electron chi connectivity index (χ2n) is 1.91. The van der Waals surface area contributed by atoms with E-state index in [1.54, 1.807) is 19.4 Å². The topological polar surface area (TPSA) is 22.1 Å². The number of halogens is 2. The zero-order valence-corrected chi connectivity index (χ0v) is 8.32. The highest BCUT2D eigenvalue weighted by atomic mass is 79.9. The molecule has 2 nitrogen and oxygen atoms in total. The molecule has 60 valence electrons. The molecule has 0 bridgehead atoms. The summed E-state index contributed by atoms with van der Waals surface area (Å²) in [6.07, 6.45) is 1.67. The minimum atomic E-state index is 0.576. The second-order valence-corrected chi connectivity index (χ2v) is 2.85. The molecule has 1 rings (SSSR count). The number of aromatic nitrogens is 1. The van der Waals surface area contributed by atoms with Gasteiger partial charge in [-0.25, -0.2) is 0 Å². The Hall–Kier alpha value is -0.280. The average Bonchev–Trinajstić information content (AvgIpc) is 2.05. The molecule has 0 aliphatic carbocycles. The predicted octanol–water partition coefficient (Wildman–Crippen LogP) is 2.64. The summed E-state index contributed by atoms with van der Waals surface area (Å²) in [5, 5.41) is 1.22. The van der Waals surface area contributed by atoms with Crippen LogP contribution in [0.25, 0.3) is 0 Å². The predicted molar refractivity (Wildman–Crippen MR) is 48.4 cm³/mol. The van der Waals surface area contributed by atoms with E-state index in [4.69, 9.17) is 16.3 Å². The molecule has 0 unspecified atom stereocenters. The van der Waals surface area contributed by atoms with Crippen LogP contribution in [0.2, 0.25) is 5.02 Å². The van der Waals surface area contributed by atoms with Gasteiger partial charge in [0, 0.05) is 17.6 Å². The maximum absolute atomic E-state index is 5.89. The number of rotatable bonds is 2. The third kappa shape index (κ3) is 1.84. The lowest BCUT2D eigenvalue weighted by atomic mass is 10.3. The number of pyridine rings is 1. The zero-order chi connectivity index (χ0) is 8.27. The van der Waals surface area contributed by atoms with Crippen molar-refractivity contribution < 1.29 is 4.74 Å². The van der Waals surface area contributed by atoms with Crippen LogP contribution < -0.4 is 4.74 Å². The normalized spacial score (nSPS) is 9.73. The highest BCUT2D eigenvalue weighted by Crippen LogP contribution is 2.26. The van der Waals surface area contributed by atoms with E-state index in [1.807, 2.05) is 0 Å². The van der Waals surface area contributed by atoms with Crippen molar-refractivity contribution >= 4 is 27.5 Å². The van der Waals surface area contributed by atoms with E-state index in [-0.39, 0.29) is 0 Å². The van der Waals surface area contributed by atoms with Gasteiger partial charge in [-0.05, 0) is 0 Å². The third-order valence-electron chi connectivity index (χ3n) is 1.27. The van der Waals surface area contributed by atoms with Crippen molar-refractivity contribution in [3.8, 4) is 5.75 Å². The van der Waals surface area contributed by atoms with Gasteiger partial charge in [-0.3, -0.25) is 4.98 Å². The molecule has 0 aromatic carbocycles. The minimum Gasteiger partial charge on any atom is -0.495 e. The van der Waals surface area contributed by atoms with Crippen LogP contribution in [-0.4, -0.2) is 12.1 Å². The largest absolute Gasteiger partial charge is 0.495 e. The Morgan fingerprint density at radius 2 is 2.45 bits per heavy atom. The van der Waals surface area contributed by atoms with Gasteiger partial charge in [-0.1, -0.05) is 27.5 Å². The molecule has 11 heavy (non-hydrogen) atoms. The summed E-state index contributed by atoms with van der Waals surface area (Å²) < 4.78 is 4.99. The fourth-order valence-corrected chi connectivity index (χ4v) is 1.56. The zero-order valence-electron chi connectivity index (χ0n) is 5.97. The Kier molecular flexibility index (Phi) is 3.15. The van der Waals surface area contributed by atoms with Crippen LogP contribution in [0.1, 0.15) is 5.69 Å². The fraction of sp³-hybridized carbons (Fsp3) is 0.286. The van der Waals surface area contributed by atoms with E-state index in [0.717, 1.165) is 5.69 Å². The van der Waals surface area contributed by atoms with E-state index >= 15 is 0 Å². The Bertz CT molecular complexity index is 232. The first-order chi connectivity index (χ1) is 5.29. The number of hydrogen-bond donors (Lipinski definition) is 0. The summed E-state index contributed by atoms with van der Waals surface area (Å²) in [5.41, 5.74) is 0.797. The molecular weight excluding hydrogens is 229 g/mol. The van der Waals surface area contributed by atoms with Crippen LogP contribution >= 0.6 is 27.5 Å². The highest BCUT2D eigenvalue weighted by molar-refractivity contribution is 9.08. The van der Waals surface area contributed by atoms with E-state index < -0.39 is 0 Å². The third-order valence-corrected chi connectivity index (χ3v) is 2.21. The van der Waals surface area contributed by atoms with Crippen LogP contribution in [0.15, 0.2) is 12.3 Å². The van der Waals surface area contributed by atoms with Crippen molar-refractivity contribution in [2.75, 3.05) is 7.11 Å². The van der Waals surface area contributed by atoms with Gasteiger partial charge in [0.15, 0.2) is 0 Å². The fourth-order valence-electron chi connectivity index (χ4n) is 0.718. The van der Waals surface area contributed by atoms with Gasteiger partial charge in [-0.2, -0.15) is 0 Å². The molecule has 0 saturated carbocycles. The molecule has 1 aromatic rings. The number of nitrogens with zero attached hydrogens (tertiary/aromatic N) is 1. The van der Waals surface area contributed by atoms with Gasteiger partial charge in [0.05, 0.1) is 12.8 Å². The molecule has 0 spiro atoms. The van der Waals surface area contributed by atoms with Crippen molar-refractivity contribution in [1.82, 2.24) is 4.98 Å². The first-order valence-electron chi connectivity index (χ1n) is 3.03. The number of ether oxygens (including phenoxy) is 1. The van der Waals surface area contributed by atoms with Crippen molar-refractivity contribution in [2.45, 2.75) is 5.33 Å². The average molecular weight is 236 g/mol. The first-order valence-corrected chi connectivity index (χ1v) is 4.53. The molecule has 0 N–H and O–H groups in total. The molecule has 0 amide bonds. The maximum Gasteiger partial charge on any atom is 0.140 e. The Morgan fingerprint density at radius 1 is 1.73 bits per heavy atom. The SMILES string of the molecule is COc1ccnc(CBr)c1Cl. The molecule has 0 atom stereocenters. The summed E-state index contributed by atoms with van der Waals surface area (Å²) in [4.78, 5) is 4.05. The second kappa shape index (κ2) is 3.93. The highest BCUT2D eigenvalue weighted by Gasteiger charge is 2.05. The van der Waals surface area contributed by atoms with Gasteiger partial charge >= 0.3 is 0 Å². The van der Waals surface area contributed by atoms with Crippen LogP contribution in [0, 0.1) is 0 Å². The standard InChI is InChI=1S/C7H7BrClNO/c1-11-6-2-3-10-5(4-8)7(6)9/h2-3H,4H2,1H3. The Balaban J connectivity index is 3.10. The maximum atomic E-state index is 5.89. The van der Waals surface area contributed by atoms with E-state index in [0.29, 0.717) is 16.1 Å². The Morgan fingerprint density at radius 3 is 3.00 bits per heavy atom. The molecule has 0 radical (unpaired) electrons. The van der Waals surface area contributed by atoms with Gasteiger partial charge in [-0.15, -0.1) is 0 Å². The van der Waals surface area contributed by atoms with E-state index in [9.17, 15) is 0 Å². The van der Waals surface area contributed by atoms with Crippen molar-refractivity contribution in [2.24, 2.45) is 0 Å². The Labute approximate surface area is 78.7 Å². The van der Waals surface area contributed by atoms with Gasteiger partial charge in [0.25, 0.3) is 0 Å². The minimum absolute atomic E-state index is 0.576. The summed E-state index contributed by atoms with van der Waals surface area (Å²) >= 11 is 9.16. The monoisotopic (exact) mass is 235 g/mol. The van der Waals surface area contributed by atoms with Gasteiger partial charge < -0.3 is 4.74 Å². The van der Waals surface area contributed by atoms with Gasteiger partial charge in [0.1, 0.15) is 10.8 Å². The van der Waals surface area contributed by atoms with Crippen molar-refractivity contribution in [3.05, 3.63) is 23.0 Å². The van der Waals surface area contributed by atoms with E-state index in [2.05, 4.69) is 20.9 Å². The van der Waals surface area contributed by atoms with Gasteiger partial charge in [0.2, 0.25) is 0 Å². The lowest BCUT2D eigenvalue weighted by Gasteiger charge is -2.03. The molecule has 0 aliphatic heterocycles. The summed E-state index contributed by atoms with van der Waals surface area (Å²) in [5.74, 6) is 0.663. The molecule has 0 aliphatic rings.